The monoisotopic (exact) mass is 342 g/mol. The smallest absolute Gasteiger partial charge is 0.317 e. The van der Waals surface area contributed by atoms with E-state index in [9.17, 15) is 4.79 Å². The molecule has 0 unspecified atom stereocenters. The summed E-state index contributed by atoms with van der Waals surface area (Å²) in [6.07, 6.45) is 1.83. The minimum atomic E-state index is -0.770. The number of anilines is 1. The number of carboxylic acid groups (broad SMARTS) is 1. The molecule has 1 aliphatic heterocycles. The second-order valence-electron chi connectivity index (χ2n) is 5.82. The largest absolute Gasteiger partial charge is 0.480 e. The van der Waals surface area contributed by atoms with Gasteiger partial charge in [0.05, 0.1) is 23.9 Å². The van der Waals surface area contributed by atoms with Gasteiger partial charge in [-0.05, 0) is 25.0 Å². The van der Waals surface area contributed by atoms with E-state index in [4.69, 9.17) is 10.4 Å². The quantitative estimate of drug-likeness (QED) is 0.868. The first-order valence-corrected chi connectivity index (χ1v) is 8.69. The van der Waals surface area contributed by atoms with Crippen LogP contribution in [0.5, 0.6) is 0 Å². The second kappa shape index (κ2) is 7.43. The Morgan fingerprint density at radius 2 is 2.08 bits per heavy atom. The molecule has 1 aromatic heterocycles. The van der Waals surface area contributed by atoms with Crippen LogP contribution in [-0.4, -0.2) is 46.6 Å². The van der Waals surface area contributed by atoms with Gasteiger partial charge in [-0.25, -0.2) is 4.98 Å². The van der Waals surface area contributed by atoms with Gasteiger partial charge in [-0.15, -0.1) is 11.3 Å². The van der Waals surface area contributed by atoms with Crippen LogP contribution >= 0.6 is 11.3 Å². The molecule has 1 aromatic carbocycles. The molecule has 0 spiro atoms. The molecule has 2 aromatic rings. The predicted molar refractivity (Wildman–Crippen MR) is 93.0 cm³/mol. The Bertz CT molecular complexity index is 743. The molecule has 2 heterocycles. The van der Waals surface area contributed by atoms with E-state index in [1.807, 2.05) is 22.4 Å². The van der Waals surface area contributed by atoms with Gasteiger partial charge in [0.1, 0.15) is 0 Å². The lowest BCUT2D eigenvalue weighted by Gasteiger charge is -2.31. The third-order valence-corrected chi connectivity index (χ3v) is 4.86. The van der Waals surface area contributed by atoms with Gasteiger partial charge in [0, 0.05) is 30.1 Å². The number of hydrogen-bond donors (Lipinski definition) is 2. The van der Waals surface area contributed by atoms with E-state index >= 15 is 0 Å². The number of likely N-dealkylation sites (tertiary alicyclic amines) is 1. The fourth-order valence-electron chi connectivity index (χ4n) is 2.79. The summed E-state index contributed by atoms with van der Waals surface area (Å²) in [7, 11) is 0. The maximum absolute atomic E-state index is 10.7. The van der Waals surface area contributed by atoms with Crippen molar-refractivity contribution in [1.82, 2.24) is 9.88 Å². The first kappa shape index (κ1) is 16.4. The molecule has 3 rings (SSSR count). The van der Waals surface area contributed by atoms with Crippen LogP contribution in [0.2, 0.25) is 0 Å². The average Bonchev–Trinajstić information content (AvgIpc) is 3.05. The number of rotatable bonds is 5. The summed E-state index contributed by atoms with van der Waals surface area (Å²) in [6, 6.07) is 9.83. The lowest BCUT2D eigenvalue weighted by Crippen LogP contribution is -2.41. The molecule has 24 heavy (non-hydrogen) atoms. The van der Waals surface area contributed by atoms with E-state index in [0.717, 1.165) is 42.3 Å². The van der Waals surface area contributed by atoms with Gasteiger partial charge in [-0.2, -0.15) is 5.26 Å². The van der Waals surface area contributed by atoms with Gasteiger partial charge in [0.25, 0.3) is 0 Å². The number of nitrogens with zero attached hydrogens (tertiary/aromatic N) is 3. The number of benzene rings is 1. The van der Waals surface area contributed by atoms with E-state index in [1.54, 1.807) is 23.5 Å². The van der Waals surface area contributed by atoms with Crippen LogP contribution in [0, 0.1) is 11.3 Å². The molecule has 0 atom stereocenters. The zero-order valence-corrected chi connectivity index (χ0v) is 13.9. The highest BCUT2D eigenvalue weighted by atomic mass is 32.1. The van der Waals surface area contributed by atoms with Crippen LogP contribution in [-0.2, 0) is 4.79 Å². The summed E-state index contributed by atoms with van der Waals surface area (Å²) in [5.74, 6) is -0.770. The summed E-state index contributed by atoms with van der Waals surface area (Å²) in [5, 5.41) is 24.0. The summed E-state index contributed by atoms with van der Waals surface area (Å²) in [6.45, 7) is 1.70. The number of thiazole rings is 1. The summed E-state index contributed by atoms with van der Waals surface area (Å²) in [5.41, 5.74) is 2.53. The minimum absolute atomic E-state index is 0.118. The molecular weight excluding hydrogens is 324 g/mol. The fraction of sp³-hybridized carbons (Fsp3) is 0.353. The highest BCUT2D eigenvalue weighted by Gasteiger charge is 2.21. The Labute approximate surface area is 144 Å². The highest BCUT2D eigenvalue weighted by Crippen LogP contribution is 2.26. The predicted octanol–water partition coefficient (Wildman–Crippen LogP) is 2.64. The molecule has 124 valence electrons. The van der Waals surface area contributed by atoms with Crippen LogP contribution in [0.15, 0.2) is 29.6 Å². The molecule has 6 nitrogen and oxygen atoms in total. The summed E-state index contributed by atoms with van der Waals surface area (Å²) < 4.78 is 0. The van der Waals surface area contributed by atoms with Gasteiger partial charge < -0.3 is 10.4 Å². The third kappa shape index (κ3) is 4.10. The number of hydrogen-bond acceptors (Lipinski definition) is 6. The van der Waals surface area contributed by atoms with Crippen molar-refractivity contribution in [2.45, 2.75) is 18.9 Å². The van der Waals surface area contributed by atoms with E-state index in [2.05, 4.69) is 16.4 Å². The normalized spacial score (nSPS) is 15.8. The highest BCUT2D eigenvalue weighted by molar-refractivity contribution is 7.14. The standard InChI is InChI=1S/C17H18N4O2S/c18-9-12-1-3-13(4-2-12)15-11-24-17(20-15)19-14-5-7-21(8-6-14)10-16(22)23/h1-4,11,14H,5-8,10H2,(H,19,20)(H,22,23). The summed E-state index contributed by atoms with van der Waals surface area (Å²) in [4.78, 5) is 17.3. The minimum Gasteiger partial charge on any atom is -0.480 e. The molecule has 7 heteroatoms. The maximum atomic E-state index is 10.7. The molecule has 1 fully saturated rings. The number of carboxylic acids is 1. The van der Waals surface area contributed by atoms with Crippen LogP contribution in [0.25, 0.3) is 11.3 Å². The molecule has 2 N–H and O–H groups in total. The maximum Gasteiger partial charge on any atom is 0.317 e. The number of nitrogens with one attached hydrogen (secondary N) is 1. The molecule has 1 saturated heterocycles. The van der Waals surface area contributed by atoms with Crippen molar-refractivity contribution in [2.75, 3.05) is 25.0 Å². The van der Waals surface area contributed by atoms with Gasteiger partial charge in [0.2, 0.25) is 0 Å². The fourth-order valence-corrected chi connectivity index (χ4v) is 3.59. The topological polar surface area (TPSA) is 89.2 Å². The number of aliphatic carboxylic acids is 1. The average molecular weight is 342 g/mol. The Hall–Kier alpha value is -2.43. The van der Waals surface area contributed by atoms with E-state index in [-0.39, 0.29) is 6.54 Å². The molecule has 0 amide bonds. The van der Waals surface area contributed by atoms with Gasteiger partial charge in [-0.1, -0.05) is 12.1 Å². The second-order valence-corrected chi connectivity index (χ2v) is 6.67. The Morgan fingerprint density at radius 3 is 2.71 bits per heavy atom. The molecule has 0 saturated carbocycles. The molecule has 0 bridgehead atoms. The van der Waals surface area contributed by atoms with Crippen molar-refractivity contribution < 1.29 is 9.90 Å². The van der Waals surface area contributed by atoms with Crippen LogP contribution < -0.4 is 5.32 Å². The Morgan fingerprint density at radius 1 is 1.38 bits per heavy atom. The summed E-state index contributed by atoms with van der Waals surface area (Å²) >= 11 is 1.56. The van der Waals surface area contributed by atoms with Crippen LogP contribution in [0.3, 0.4) is 0 Å². The van der Waals surface area contributed by atoms with Gasteiger partial charge in [-0.3, -0.25) is 9.69 Å². The first-order chi connectivity index (χ1) is 11.6. The number of nitriles is 1. The zero-order chi connectivity index (χ0) is 16.9. The number of carbonyl (C=O) groups is 1. The van der Waals surface area contributed by atoms with Crippen molar-refractivity contribution >= 4 is 22.4 Å². The zero-order valence-electron chi connectivity index (χ0n) is 13.1. The lowest BCUT2D eigenvalue weighted by molar-refractivity contribution is -0.138. The van der Waals surface area contributed by atoms with Crippen LogP contribution in [0.4, 0.5) is 5.13 Å². The lowest BCUT2D eigenvalue weighted by atomic mass is 10.1. The van der Waals surface area contributed by atoms with Crippen molar-refractivity contribution in [2.24, 2.45) is 0 Å². The van der Waals surface area contributed by atoms with E-state index in [1.165, 1.54) is 0 Å². The molecular formula is C17H18N4O2S. The van der Waals surface area contributed by atoms with E-state index in [0.29, 0.717) is 11.6 Å². The van der Waals surface area contributed by atoms with Crippen molar-refractivity contribution in [3.8, 4) is 17.3 Å². The SMILES string of the molecule is N#Cc1ccc(-c2csc(NC3CCN(CC(=O)O)CC3)n2)cc1. The van der Waals surface area contributed by atoms with E-state index < -0.39 is 5.97 Å². The van der Waals surface area contributed by atoms with Crippen LogP contribution in [0.1, 0.15) is 18.4 Å². The molecule has 1 aliphatic rings. The Kier molecular flexibility index (Phi) is 5.08. The van der Waals surface area contributed by atoms with Crippen molar-refractivity contribution in [3.63, 3.8) is 0 Å². The molecule has 0 radical (unpaired) electrons. The first-order valence-electron chi connectivity index (χ1n) is 7.81. The molecule has 0 aliphatic carbocycles. The Balaban J connectivity index is 1.57. The van der Waals surface area contributed by atoms with Crippen molar-refractivity contribution in [3.05, 3.63) is 35.2 Å². The van der Waals surface area contributed by atoms with Crippen molar-refractivity contribution in [1.29, 1.82) is 5.26 Å². The van der Waals surface area contributed by atoms with Gasteiger partial charge in [0.15, 0.2) is 5.13 Å². The number of aromatic nitrogens is 1. The number of piperidine rings is 1. The third-order valence-electron chi connectivity index (χ3n) is 4.09. The van der Waals surface area contributed by atoms with Gasteiger partial charge >= 0.3 is 5.97 Å².